The zero-order chi connectivity index (χ0) is 12.6. The zero-order valence-corrected chi connectivity index (χ0v) is 11.9. The van der Waals surface area contributed by atoms with E-state index in [0.717, 1.165) is 26.2 Å². The lowest BCUT2D eigenvalue weighted by Crippen LogP contribution is -2.60. The fourth-order valence-electron chi connectivity index (χ4n) is 2.05. The molecule has 0 spiro atoms. The molecule has 0 aliphatic carbocycles. The van der Waals surface area contributed by atoms with E-state index in [0.29, 0.717) is 0 Å². The average molecular weight is 227 g/mol. The molecular weight excluding hydrogens is 198 g/mol. The van der Waals surface area contributed by atoms with Gasteiger partial charge in [-0.15, -0.1) is 0 Å². The number of piperazine rings is 1. The highest BCUT2D eigenvalue weighted by atomic mass is 15.3. The summed E-state index contributed by atoms with van der Waals surface area (Å²) < 4.78 is 0. The number of hydrogen-bond donors (Lipinski definition) is 1. The lowest BCUT2D eigenvalue weighted by molar-refractivity contribution is 0.0309. The highest BCUT2D eigenvalue weighted by Gasteiger charge is 2.32. The summed E-state index contributed by atoms with van der Waals surface area (Å²) in [6.07, 6.45) is 0. The van der Waals surface area contributed by atoms with Gasteiger partial charge in [0.1, 0.15) is 0 Å². The van der Waals surface area contributed by atoms with Crippen LogP contribution in [0.1, 0.15) is 34.6 Å². The van der Waals surface area contributed by atoms with Gasteiger partial charge in [0.25, 0.3) is 0 Å². The summed E-state index contributed by atoms with van der Waals surface area (Å²) in [7, 11) is 2.21. The smallest absolute Gasteiger partial charge is 0.0277 e. The van der Waals surface area contributed by atoms with Crippen LogP contribution in [0.2, 0.25) is 0 Å². The maximum atomic E-state index is 6.25. The fraction of sp³-hybridized carbons (Fsp3) is 1.00. The van der Waals surface area contributed by atoms with E-state index >= 15 is 0 Å². The van der Waals surface area contributed by atoms with E-state index in [9.17, 15) is 0 Å². The molecule has 0 bridgehead atoms. The Morgan fingerprint density at radius 1 is 1.25 bits per heavy atom. The largest absolute Gasteiger partial charge is 0.326 e. The van der Waals surface area contributed by atoms with E-state index in [4.69, 9.17) is 5.73 Å². The summed E-state index contributed by atoms with van der Waals surface area (Å²) in [5.41, 5.74) is 6.73. The molecule has 1 heterocycles. The van der Waals surface area contributed by atoms with Crippen LogP contribution in [-0.2, 0) is 0 Å². The van der Waals surface area contributed by atoms with Crippen LogP contribution < -0.4 is 5.73 Å². The molecule has 1 atom stereocenters. The third kappa shape index (κ3) is 3.44. The average Bonchev–Trinajstić information content (AvgIpc) is 2.09. The van der Waals surface area contributed by atoms with E-state index < -0.39 is 0 Å². The first kappa shape index (κ1) is 13.9. The van der Waals surface area contributed by atoms with Gasteiger partial charge < -0.3 is 5.73 Å². The Bertz CT molecular complexity index is 230. The quantitative estimate of drug-likeness (QED) is 0.774. The van der Waals surface area contributed by atoms with Crippen LogP contribution >= 0.6 is 0 Å². The van der Waals surface area contributed by atoms with Crippen molar-refractivity contribution in [1.29, 1.82) is 0 Å². The van der Waals surface area contributed by atoms with Gasteiger partial charge >= 0.3 is 0 Å². The van der Waals surface area contributed by atoms with E-state index in [1.807, 2.05) is 0 Å². The molecule has 1 aliphatic heterocycles. The minimum Gasteiger partial charge on any atom is -0.326 e. The van der Waals surface area contributed by atoms with Crippen LogP contribution in [0.5, 0.6) is 0 Å². The first-order chi connectivity index (χ1) is 7.13. The Hall–Kier alpha value is -0.120. The minimum absolute atomic E-state index is 0.202. The molecule has 1 fully saturated rings. The van der Waals surface area contributed by atoms with Crippen LogP contribution in [0.15, 0.2) is 0 Å². The molecule has 1 unspecified atom stereocenters. The molecule has 0 amide bonds. The molecule has 3 heteroatoms. The van der Waals surface area contributed by atoms with Crippen LogP contribution in [-0.4, -0.2) is 54.6 Å². The number of nitrogens with zero attached hydrogens (tertiary/aromatic N) is 2. The van der Waals surface area contributed by atoms with Crippen molar-refractivity contribution in [2.24, 2.45) is 11.1 Å². The van der Waals surface area contributed by atoms with Crippen molar-refractivity contribution in [2.45, 2.75) is 46.2 Å². The van der Waals surface area contributed by atoms with E-state index in [2.05, 4.69) is 51.5 Å². The Morgan fingerprint density at radius 2 is 1.81 bits per heavy atom. The molecule has 0 aromatic carbocycles. The molecule has 1 saturated heterocycles. The van der Waals surface area contributed by atoms with E-state index in [1.165, 1.54) is 0 Å². The van der Waals surface area contributed by atoms with Gasteiger partial charge in [-0.25, -0.2) is 0 Å². The lowest BCUT2D eigenvalue weighted by Gasteiger charge is -2.46. The molecule has 3 nitrogen and oxygen atoms in total. The van der Waals surface area contributed by atoms with Gasteiger partial charge in [0.15, 0.2) is 0 Å². The third-order valence-corrected chi connectivity index (χ3v) is 3.96. The van der Waals surface area contributed by atoms with E-state index in [-0.39, 0.29) is 17.0 Å². The predicted molar refractivity (Wildman–Crippen MR) is 70.6 cm³/mol. The van der Waals surface area contributed by atoms with E-state index in [1.54, 1.807) is 0 Å². The summed E-state index contributed by atoms with van der Waals surface area (Å²) in [5, 5.41) is 0. The normalized spacial score (nSPS) is 25.7. The van der Waals surface area contributed by atoms with Crippen molar-refractivity contribution in [3.63, 3.8) is 0 Å². The minimum atomic E-state index is 0.202. The van der Waals surface area contributed by atoms with Gasteiger partial charge in [-0.2, -0.15) is 0 Å². The molecule has 0 saturated carbocycles. The highest BCUT2D eigenvalue weighted by molar-refractivity contribution is 4.90. The molecule has 2 N–H and O–H groups in total. The van der Waals surface area contributed by atoms with Gasteiger partial charge in [0, 0.05) is 37.8 Å². The second kappa shape index (κ2) is 4.63. The predicted octanol–water partition coefficient (Wildman–Crippen LogP) is 1.39. The van der Waals surface area contributed by atoms with Crippen LogP contribution in [0.25, 0.3) is 0 Å². The molecule has 0 aromatic heterocycles. The van der Waals surface area contributed by atoms with Crippen molar-refractivity contribution in [1.82, 2.24) is 9.80 Å². The Balaban J connectivity index is 2.52. The van der Waals surface area contributed by atoms with Gasteiger partial charge in [-0.1, -0.05) is 20.8 Å². The molecule has 1 rings (SSSR count). The Kier molecular flexibility index (Phi) is 4.04. The first-order valence-electron chi connectivity index (χ1n) is 6.32. The van der Waals surface area contributed by atoms with Crippen molar-refractivity contribution < 1.29 is 0 Å². The second-order valence-corrected chi connectivity index (χ2v) is 6.94. The molecule has 1 aliphatic rings. The molecule has 0 radical (unpaired) electrons. The standard InChI is InChI=1S/C13H29N3/c1-12(2,3)11(14)9-16-8-7-15(6)13(4,5)10-16/h11H,7-10,14H2,1-6H3. The van der Waals surface area contributed by atoms with Crippen LogP contribution in [0.4, 0.5) is 0 Å². The van der Waals surface area contributed by atoms with Crippen molar-refractivity contribution in [2.75, 3.05) is 33.2 Å². The molecular formula is C13H29N3. The SMILES string of the molecule is CN1CCN(CC(N)C(C)(C)C)CC1(C)C. The van der Waals surface area contributed by atoms with Crippen LogP contribution in [0, 0.1) is 5.41 Å². The Morgan fingerprint density at radius 3 is 2.25 bits per heavy atom. The van der Waals surface area contributed by atoms with Gasteiger partial charge in [0.05, 0.1) is 0 Å². The number of hydrogen-bond acceptors (Lipinski definition) is 3. The summed E-state index contributed by atoms with van der Waals surface area (Å²) in [6.45, 7) is 15.7. The third-order valence-electron chi connectivity index (χ3n) is 3.96. The van der Waals surface area contributed by atoms with Gasteiger partial charge in [-0.3, -0.25) is 9.80 Å². The zero-order valence-electron chi connectivity index (χ0n) is 11.9. The summed E-state index contributed by atoms with van der Waals surface area (Å²) >= 11 is 0. The molecule has 16 heavy (non-hydrogen) atoms. The number of rotatable bonds is 2. The first-order valence-corrected chi connectivity index (χ1v) is 6.32. The van der Waals surface area contributed by atoms with Crippen LogP contribution in [0.3, 0.4) is 0 Å². The van der Waals surface area contributed by atoms with Gasteiger partial charge in [0.2, 0.25) is 0 Å². The lowest BCUT2D eigenvalue weighted by atomic mass is 9.86. The van der Waals surface area contributed by atoms with Crippen molar-refractivity contribution >= 4 is 0 Å². The second-order valence-electron chi connectivity index (χ2n) is 6.94. The van der Waals surface area contributed by atoms with Crippen molar-refractivity contribution in [3.05, 3.63) is 0 Å². The van der Waals surface area contributed by atoms with Gasteiger partial charge in [-0.05, 0) is 26.3 Å². The summed E-state index contributed by atoms with van der Waals surface area (Å²) in [5.74, 6) is 0. The maximum Gasteiger partial charge on any atom is 0.0277 e. The fourth-order valence-corrected chi connectivity index (χ4v) is 2.05. The number of likely N-dealkylation sites (N-methyl/N-ethyl adjacent to an activating group) is 1. The maximum absolute atomic E-state index is 6.25. The highest BCUT2D eigenvalue weighted by Crippen LogP contribution is 2.22. The summed E-state index contributed by atoms with van der Waals surface area (Å²) in [6, 6.07) is 0.256. The molecule has 0 aromatic rings. The summed E-state index contributed by atoms with van der Waals surface area (Å²) in [4.78, 5) is 4.95. The topological polar surface area (TPSA) is 32.5 Å². The Labute approximate surface area is 101 Å². The number of nitrogens with two attached hydrogens (primary N) is 1. The molecule has 96 valence electrons. The van der Waals surface area contributed by atoms with Crippen molar-refractivity contribution in [3.8, 4) is 0 Å². The monoisotopic (exact) mass is 227 g/mol.